The minimum atomic E-state index is -0.479. The maximum atomic E-state index is 14.0. The molecular formula is C108H112Cl4F4N16O12S4. The van der Waals surface area contributed by atoms with E-state index in [0.29, 0.717) is 151 Å². The van der Waals surface area contributed by atoms with E-state index in [1.165, 1.54) is 48.6 Å². The van der Waals surface area contributed by atoms with Gasteiger partial charge in [-0.15, -0.1) is 47.0 Å². The zero-order valence-electron chi connectivity index (χ0n) is 83.8. The minimum absolute atomic E-state index is 0.0466. The van der Waals surface area contributed by atoms with Gasteiger partial charge in [0.2, 0.25) is 23.6 Å². The van der Waals surface area contributed by atoms with Gasteiger partial charge < -0.3 is 58.1 Å². The second kappa shape index (κ2) is 45.3. The highest BCUT2D eigenvalue weighted by molar-refractivity contribution is 8.00. The molecule has 4 amide bonds. The molecule has 12 aromatic rings. The number of rotatable bonds is 16. The first-order valence-corrected chi connectivity index (χ1v) is 53.9. The van der Waals surface area contributed by atoms with E-state index in [2.05, 4.69) is 65.9 Å². The molecule has 4 unspecified atom stereocenters. The Morgan fingerprint density at radius 2 is 0.547 bits per heavy atom. The summed E-state index contributed by atoms with van der Waals surface area (Å²) in [6.45, 7) is 38.4. The molecule has 0 bridgehead atoms. The number of amides is 4. The second-order valence-electron chi connectivity index (χ2n) is 37.8. The summed E-state index contributed by atoms with van der Waals surface area (Å²) in [4.78, 5) is 140. The number of piperazine rings is 4. The second-order valence-corrected chi connectivity index (χ2v) is 43.6. The molecule has 20 rings (SSSR count). The molecule has 8 aliphatic rings. The Morgan fingerprint density at radius 3 is 0.750 bits per heavy atom. The summed E-state index contributed by atoms with van der Waals surface area (Å²) in [7, 11) is 6.57. The first kappa shape index (κ1) is 108. The quantitative estimate of drug-likeness (QED) is 0.0642. The van der Waals surface area contributed by atoms with Crippen LogP contribution in [0.1, 0.15) is 49.9 Å². The summed E-state index contributed by atoms with van der Waals surface area (Å²) in [6, 6.07) is 26.7. The lowest BCUT2D eigenvalue weighted by molar-refractivity contribution is -0.131. The van der Waals surface area contributed by atoms with E-state index in [4.69, 9.17) is 65.4 Å². The Morgan fingerprint density at radius 1 is 0.331 bits per heavy atom. The lowest BCUT2D eigenvalue weighted by atomic mass is 9.97. The molecule has 4 fully saturated rings. The molecule has 0 radical (unpaired) electrons. The van der Waals surface area contributed by atoms with Crippen molar-refractivity contribution >= 4 is 184 Å². The van der Waals surface area contributed by atoms with Crippen LogP contribution >= 0.6 is 93.5 Å². The maximum absolute atomic E-state index is 14.0. The van der Waals surface area contributed by atoms with Gasteiger partial charge in [-0.05, 0) is 197 Å². The van der Waals surface area contributed by atoms with E-state index in [0.717, 1.165) is 130 Å². The molecule has 8 aliphatic heterocycles. The van der Waals surface area contributed by atoms with E-state index >= 15 is 0 Å². The van der Waals surface area contributed by atoms with Crippen molar-refractivity contribution in [1.82, 2.24) is 57.8 Å². The van der Waals surface area contributed by atoms with Gasteiger partial charge in [0.05, 0.1) is 92.8 Å². The van der Waals surface area contributed by atoms with Crippen LogP contribution in [0.3, 0.4) is 0 Å². The largest absolute Gasteiger partial charge is 0.379 e. The van der Waals surface area contributed by atoms with E-state index < -0.39 is 23.3 Å². The van der Waals surface area contributed by atoms with Gasteiger partial charge in [-0.1, -0.05) is 97.0 Å². The number of hydrogen-bond donors (Lipinski definition) is 0. The number of ether oxygens (including phenoxy) is 4. The average molecular weight is 2170 g/mol. The molecule has 8 aromatic carbocycles. The van der Waals surface area contributed by atoms with Gasteiger partial charge >= 0.3 is 22.8 Å². The van der Waals surface area contributed by atoms with E-state index in [-0.39, 0.29) is 115 Å². The van der Waals surface area contributed by atoms with Crippen molar-refractivity contribution in [2.45, 2.75) is 150 Å². The predicted octanol–water partition coefficient (Wildman–Crippen LogP) is 18.0. The van der Waals surface area contributed by atoms with E-state index in [1.54, 1.807) is 152 Å². The normalized spacial score (nSPS) is 19.7. The smallest absolute Gasteiger partial charge is 0.350 e. The third kappa shape index (κ3) is 21.2. The van der Waals surface area contributed by atoms with Crippen LogP contribution in [0.5, 0.6) is 0 Å². The standard InChI is InChI=1S/2C28H30ClFN4O3S.2C26H26ClFN4O3S/c2*1-6-23(35)34-16(3)11-32(12-17(34)4)27-20-9-15(2)24(18-7-8-22(30)21(29)10-18)26-25(20)33(28(36)31-27)13-19(37-5)14-38-26;2*1-4-21(33)30-7-9-31(10-8-30)25-18-11-15(2)22(16-5-6-20(28)19(27)12-16)24-23(18)32(26(34)29-25)13-17(35-3)14-36-24/h2*6-10,16-17,19H,1,11-14H2,2-5H3;2*4-6,11-12,17H,1,7-10,13-14H2,2-3H3/t2*16-,17+,19?;;. The van der Waals surface area contributed by atoms with Crippen LogP contribution in [0.15, 0.2) is 186 Å². The molecule has 0 spiro atoms. The Kier molecular flexibility index (Phi) is 33.0. The zero-order chi connectivity index (χ0) is 106. The molecule has 40 heteroatoms. The Balaban J connectivity index is 0.000000135. The van der Waals surface area contributed by atoms with E-state index in [1.807, 2.05) is 89.5 Å². The Hall–Kier alpha value is -11.5. The monoisotopic (exact) mass is 2170 g/mol. The summed E-state index contributed by atoms with van der Waals surface area (Å²) < 4.78 is 85.4. The molecule has 0 aliphatic carbocycles. The van der Waals surface area contributed by atoms with Crippen molar-refractivity contribution in [3.05, 3.63) is 255 Å². The van der Waals surface area contributed by atoms with Crippen LogP contribution in [0, 0.1) is 51.0 Å². The highest BCUT2D eigenvalue weighted by atomic mass is 35.5. The number of halogens is 8. The fraction of sp³-hybridized carbons (Fsp3) is 0.370. The number of aryl methyl sites for hydroxylation is 4. The Labute approximate surface area is 890 Å². The zero-order valence-corrected chi connectivity index (χ0v) is 90.1. The fourth-order valence-corrected chi connectivity index (χ4v) is 27.5. The highest BCUT2D eigenvalue weighted by Gasteiger charge is 2.41. The van der Waals surface area contributed by atoms with Gasteiger partial charge in [0.1, 0.15) is 46.5 Å². The topological polar surface area (TPSA) is 271 Å². The number of anilines is 4. The fourth-order valence-electron chi connectivity index (χ4n) is 21.2. The van der Waals surface area contributed by atoms with Crippen LogP contribution in [0.25, 0.3) is 88.1 Å². The van der Waals surface area contributed by atoms with Gasteiger partial charge in [-0.2, -0.15) is 19.9 Å². The van der Waals surface area contributed by atoms with E-state index in [9.17, 15) is 55.9 Å². The molecule has 0 saturated carbocycles. The third-order valence-electron chi connectivity index (χ3n) is 28.4. The van der Waals surface area contributed by atoms with Gasteiger partial charge in [0.15, 0.2) is 0 Å². The number of carbonyl (C=O) groups excluding carboxylic acids is 4. The number of thioether (sulfide) groups is 4. The van der Waals surface area contributed by atoms with Crippen LogP contribution in [-0.2, 0) is 64.3 Å². The van der Waals surface area contributed by atoms with Crippen LogP contribution in [0.2, 0.25) is 20.1 Å². The molecule has 8 atom stereocenters. The minimum Gasteiger partial charge on any atom is -0.379 e. The number of methoxy groups -OCH3 is 4. The maximum Gasteiger partial charge on any atom is 0.350 e. The van der Waals surface area contributed by atoms with Crippen molar-refractivity contribution < 1.29 is 55.7 Å². The number of hydrogen-bond acceptors (Lipinski definition) is 24. The number of nitrogens with zero attached hydrogens (tertiary/aromatic N) is 16. The Bertz CT molecular complexity index is 7190. The van der Waals surface area contributed by atoms with Crippen molar-refractivity contribution in [3.8, 4) is 44.5 Å². The number of carbonyl (C=O) groups is 4. The van der Waals surface area contributed by atoms with Gasteiger partial charge in [-0.3, -0.25) is 37.4 Å². The van der Waals surface area contributed by atoms with Gasteiger partial charge in [-0.25, -0.2) is 36.7 Å². The number of aromatic nitrogens is 8. The SMILES string of the molecule is C=CC(=O)N1CCN(c2nc(=O)n3c4c(c(-c5ccc(F)c(Cl)c5)c(C)cc24)SCC(OC)C3)CC1.C=CC(=O)N1CCN(c2nc(=O)n3c4c(c(-c5ccc(F)c(Cl)c5)c(C)cc24)SCC(OC)C3)CC1.C=CC(=O)N1[C@H](C)CN(c2nc(=O)n3c4c(c(-c5ccc(F)c(Cl)c5)c(C)cc24)SCC(OC)C3)C[C@@H]1C.C=CC(=O)N1[C@H](C)CN(c2nc(=O)n3c4c(c(-c5ccc(F)c(Cl)c5)c(C)cc24)SCC(OC)C3)C[C@@H]1C. The molecule has 0 N–H and O–H groups in total. The molecule has 4 saturated heterocycles. The van der Waals surface area contributed by atoms with Gasteiger partial charge in [0.25, 0.3) is 0 Å². The first-order chi connectivity index (χ1) is 70.9. The van der Waals surface area contributed by atoms with Crippen molar-refractivity contribution in [1.29, 1.82) is 0 Å². The van der Waals surface area contributed by atoms with Crippen molar-refractivity contribution in [2.24, 2.45) is 0 Å². The lowest BCUT2D eigenvalue weighted by Crippen LogP contribution is -2.58. The van der Waals surface area contributed by atoms with Crippen molar-refractivity contribution in [3.63, 3.8) is 0 Å². The molecule has 4 aromatic heterocycles. The average Bonchev–Trinajstić information content (AvgIpc) is 1.26. The summed E-state index contributed by atoms with van der Waals surface area (Å²) in [6.07, 6.45) is 4.62. The molecular weight excluding hydrogens is 2060 g/mol. The lowest BCUT2D eigenvalue weighted by Gasteiger charge is -2.44. The predicted molar refractivity (Wildman–Crippen MR) is 585 cm³/mol. The summed E-state index contributed by atoms with van der Waals surface area (Å²) in [5.41, 5.74) is 12.4. The molecule has 148 heavy (non-hydrogen) atoms. The summed E-state index contributed by atoms with van der Waals surface area (Å²) in [5, 5.41) is 3.65. The first-order valence-electron chi connectivity index (χ1n) is 48.4. The summed E-state index contributed by atoms with van der Waals surface area (Å²) in [5.74, 6) is 2.70. The van der Waals surface area contributed by atoms with Crippen LogP contribution in [0.4, 0.5) is 40.8 Å². The van der Waals surface area contributed by atoms with Gasteiger partial charge in [0, 0.05) is 218 Å². The molecule has 12 heterocycles. The number of benzene rings is 8. The highest BCUT2D eigenvalue weighted by Crippen LogP contribution is 2.51. The summed E-state index contributed by atoms with van der Waals surface area (Å²) >= 11 is 31.1. The third-order valence-corrected chi connectivity index (χ3v) is 34.4. The molecule has 776 valence electrons. The van der Waals surface area contributed by atoms with Crippen LogP contribution in [-0.4, -0.2) is 260 Å². The van der Waals surface area contributed by atoms with Crippen LogP contribution < -0.4 is 42.4 Å². The van der Waals surface area contributed by atoms with Crippen molar-refractivity contribution in [2.75, 3.05) is 150 Å². The molecule has 28 nitrogen and oxygen atoms in total.